The molecule has 1 aliphatic heterocycles. The lowest BCUT2D eigenvalue weighted by molar-refractivity contribution is 0.0728. The van der Waals surface area contributed by atoms with Crippen LogP contribution in [0.15, 0.2) is 72.6 Å². The van der Waals surface area contributed by atoms with Crippen molar-refractivity contribution in [1.82, 2.24) is 4.57 Å². The second kappa shape index (κ2) is 7.50. The number of halogens is 1. The van der Waals surface area contributed by atoms with E-state index in [4.69, 9.17) is 9.47 Å². The number of hydrogen-bond donors (Lipinski definition) is 0. The lowest BCUT2D eigenvalue weighted by Crippen LogP contribution is -2.11. The van der Waals surface area contributed by atoms with Gasteiger partial charge in [0, 0.05) is 35.3 Å². The summed E-state index contributed by atoms with van der Waals surface area (Å²) in [6.45, 7) is 1.69. The SMILES string of the molecule is Cc1c(OC(=O)c2ccccc2F)ccc2c1OC(=Cc1cn(C)c3ccccc13)C2=O. The van der Waals surface area contributed by atoms with Crippen molar-refractivity contribution in [3.63, 3.8) is 0 Å². The Hall–Kier alpha value is -4.19. The summed E-state index contributed by atoms with van der Waals surface area (Å²) in [5, 5.41) is 1.01. The zero-order valence-corrected chi connectivity index (χ0v) is 17.4. The number of aryl methyl sites for hydroxylation is 1. The molecule has 0 spiro atoms. The smallest absolute Gasteiger partial charge is 0.346 e. The third-order valence-electron chi connectivity index (χ3n) is 5.55. The Morgan fingerprint density at radius 2 is 1.81 bits per heavy atom. The first-order valence-electron chi connectivity index (χ1n) is 10.0. The van der Waals surface area contributed by atoms with Gasteiger partial charge in [-0.05, 0) is 43.3 Å². The van der Waals surface area contributed by atoms with Crippen molar-refractivity contribution in [3.05, 3.63) is 101 Å². The number of hydrogen-bond acceptors (Lipinski definition) is 4. The van der Waals surface area contributed by atoms with E-state index >= 15 is 0 Å². The molecular weight excluding hydrogens is 409 g/mol. The molecule has 32 heavy (non-hydrogen) atoms. The van der Waals surface area contributed by atoms with Gasteiger partial charge in [0.25, 0.3) is 0 Å². The van der Waals surface area contributed by atoms with Gasteiger partial charge in [-0.25, -0.2) is 9.18 Å². The van der Waals surface area contributed by atoms with E-state index < -0.39 is 11.8 Å². The van der Waals surface area contributed by atoms with Crippen LogP contribution in [-0.4, -0.2) is 16.3 Å². The molecule has 2 heterocycles. The summed E-state index contributed by atoms with van der Waals surface area (Å²) in [5.41, 5.74) is 2.62. The fraction of sp³-hybridized carbons (Fsp3) is 0.0769. The average Bonchev–Trinajstić information content (AvgIpc) is 3.28. The molecule has 0 atom stereocenters. The van der Waals surface area contributed by atoms with Crippen LogP contribution in [0, 0.1) is 12.7 Å². The van der Waals surface area contributed by atoms with E-state index in [2.05, 4.69) is 0 Å². The summed E-state index contributed by atoms with van der Waals surface area (Å²) in [6, 6.07) is 16.6. The van der Waals surface area contributed by atoms with Gasteiger partial charge in [-0.2, -0.15) is 0 Å². The van der Waals surface area contributed by atoms with Gasteiger partial charge in [-0.15, -0.1) is 0 Å². The first kappa shape index (κ1) is 19.8. The van der Waals surface area contributed by atoms with Gasteiger partial charge < -0.3 is 14.0 Å². The number of allylic oxidation sites excluding steroid dienone is 1. The molecule has 5 nitrogen and oxygen atoms in total. The molecule has 3 aromatic carbocycles. The van der Waals surface area contributed by atoms with Crippen LogP contribution in [0.4, 0.5) is 4.39 Å². The predicted octanol–water partition coefficient (Wildman–Crippen LogP) is 5.46. The van der Waals surface area contributed by atoms with Gasteiger partial charge in [0.1, 0.15) is 17.3 Å². The van der Waals surface area contributed by atoms with Crippen LogP contribution >= 0.6 is 0 Å². The first-order valence-corrected chi connectivity index (χ1v) is 10.0. The standard InChI is InChI=1S/C26H18FNO4/c1-15-22(32-26(30)18-8-3-5-9-20(18)27)12-11-19-24(29)23(31-25(15)19)13-16-14-28(2)21-10-6-4-7-17(16)21/h3-14H,1-2H3. The van der Waals surface area contributed by atoms with Crippen molar-refractivity contribution in [1.29, 1.82) is 0 Å². The van der Waals surface area contributed by atoms with Crippen molar-refractivity contribution in [2.45, 2.75) is 6.92 Å². The zero-order chi connectivity index (χ0) is 22.4. The van der Waals surface area contributed by atoms with Crippen LogP contribution in [0.25, 0.3) is 17.0 Å². The topological polar surface area (TPSA) is 57.5 Å². The number of aromatic nitrogens is 1. The van der Waals surface area contributed by atoms with Crippen molar-refractivity contribution >= 4 is 28.7 Å². The van der Waals surface area contributed by atoms with Gasteiger partial charge in [0.05, 0.1) is 11.1 Å². The molecule has 1 aliphatic rings. The highest BCUT2D eigenvalue weighted by atomic mass is 19.1. The van der Waals surface area contributed by atoms with Crippen molar-refractivity contribution in [2.75, 3.05) is 0 Å². The Balaban J connectivity index is 1.47. The summed E-state index contributed by atoms with van der Waals surface area (Å²) in [7, 11) is 1.94. The summed E-state index contributed by atoms with van der Waals surface area (Å²) in [5.74, 6) is -0.998. The van der Waals surface area contributed by atoms with Crippen molar-refractivity contribution in [3.8, 4) is 11.5 Å². The van der Waals surface area contributed by atoms with E-state index in [0.29, 0.717) is 16.9 Å². The van der Waals surface area contributed by atoms with Crippen molar-refractivity contribution < 1.29 is 23.5 Å². The summed E-state index contributed by atoms with van der Waals surface area (Å²) in [4.78, 5) is 25.3. The summed E-state index contributed by atoms with van der Waals surface area (Å²) >= 11 is 0. The maximum absolute atomic E-state index is 13.9. The average molecular weight is 427 g/mol. The number of rotatable bonds is 3. The number of esters is 1. The largest absolute Gasteiger partial charge is 0.452 e. The van der Waals surface area contributed by atoms with Crippen LogP contribution in [0.1, 0.15) is 31.8 Å². The van der Waals surface area contributed by atoms with E-state index in [1.54, 1.807) is 25.1 Å². The minimum absolute atomic E-state index is 0.166. The number of carbonyl (C=O) groups is 2. The fourth-order valence-corrected chi connectivity index (χ4v) is 3.89. The second-order valence-corrected chi connectivity index (χ2v) is 7.59. The van der Waals surface area contributed by atoms with Gasteiger partial charge in [-0.3, -0.25) is 4.79 Å². The Morgan fingerprint density at radius 3 is 2.62 bits per heavy atom. The quantitative estimate of drug-likeness (QED) is 0.247. The number of carbonyl (C=O) groups excluding carboxylic acids is 2. The number of ketones is 1. The molecule has 5 rings (SSSR count). The molecule has 1 aromatic heterocycles. The minimum Gasteiger partial charge on any atom is -0.452 e. The number of benzene rings is 3. The predicted molar refractivity (Wildman–Crippen MR) is 118 cm³/mol. The molecule has 0 saturated carbocycles. The molecule has 6 heteroatoms. The lowest BCUT2D eigenvalue weighted by Gasteiger charge is -2.10. The van der Waals surface area contributed by atoms with E-state index in [1.807, 2.05) is 42.1 Å². The summed E-state index contributed by atoms with van der Waals surface area (Å²) < 4.78 is 27.2. The molecule has 4 aromatic rings. The Kier molecular flexibility index (Phi) is 4.63. The van der Waals surface area contributed by atoms with E-state index in [1.165, 1.54) is 24.3 Å². The molecule has 0 saturated heterocycles. The van der Waals surface area contributed by atoms with E-state index in [-0.39, 0.29) is 22.9 Å². The normalized spacial score (nSPS) is 14.0. The minimum atomic E-state index is -0.818. The molecule has 0 unspecified atom stereocenters. The van der Waals surface area contributed by atoms with Gasteiger partial charge in [-0.1, -0.05) is 30.3 Å². The molecule has 0 amide bonds. The van der Waals surface area contributed by atoms with Gasteiger partial charge >= 0.3 is 5.97 Å². The van der Waals surface area contributed by atoms with Crippen molar-refractivity contribution in [2.24, 2.45) is 7.05 Å². The zero-order valence-electron chi connectivity index (χ0n) is 17.4. The highest BCUT2D eigenvalue weighted by molar-refractivity contribution is 6.15. The van der Waals surface area contributed by atoms with E-state index in [9.17, 15) is 14.0 Å². The van der Waals surface area contributed by atoms with Gasteiger partial charge in [0.2, 0.25) is 5.78 Å². The molecule has 0 fully saturated rings. The number of fused-ring (bicyclic) bond motifs is 2. The van der Waals surface area contributed by atoms with E-state index in [0.717, 1.165) is 16.5 Å². The highest BCUT2D eigenvalue weighted by Gasteiger charge is 2.31. The maximum Gasteiger partial charge on any atom is 0.346 e. The molecular formula is C26H18FNO4. The van der Waals surface area contributed by atoms with Gasteiger partial charge in [0.15, 0.2) is 5.76 Å². The van der Waals surface area contributed by atoms with Crippen LogP contribution < -0.4 is 9.47 Å². The van der Waals surface area contributed by atoms with Crippen LogP contribution in [-0.2, 0) is 7.05 Å². The third-order valence-corrected chi connectivity index (χ3v) is 5.55. The third kappa shape index (κ3) is 3.17. The molecule has 0 N–H and O–H groups in total. The number of para-hydroxylation sites is 1. The molecule has 158 valence electrons. The first-order chi connectivity index (χ1) is 15.4. The molecule has 0 bridgehead atoms. The Labute approximate surface area is 183 Å². The Bertz CT molecular complexity index is 1450. The fourth-order valence-electron chi connectivity index (χ4n) is 3.89. The maximum atomic E-state index is 13.9. The van der Waals surface area contributed by atoms with Crippen LogP contribution in [0.3, 0.4) is 0 Å². The molecule has 0 radical (unpaired) electrons. The highest BCUT2D eigenvalue weighted by Crippen LogP contribution is 2.40. The van der Waals surface area contributed by atoms with Crippen LogP contribution in [0.2, 0.25) is 0 Å². The monoisotopic (exact) mass is 427 g/mol. The molecule has 0 aliphatic carbocycles. The Morgan fingerprint density at radius 1 is 1.06 bits per heavy atom. The number of ether oxygens (including phenoxy) is 2. The number of nitrogens with zero attached hydrogens (tertiary/aromatic N) is 1. The lowest BCUT2D eigenvalue weighted by atomic mass is 10.1. The summed E-state index contributed by atoms with van der Waals surface area (Å²) in [6.07, 6.45) is 3.65. The second-order valence-electron chi connectivity index (χ2n) is 7.59. The van der Waals surface area contributed by atoms with Crippen LogP contribution in [0.5, 0.6) is 11.5 Å². The number of Topliss-reactive ketones (excluding diaryl/α,β-unsaturated/α-hetero) is 1.